The van der Waals surface area contributed by atoms with Crippen LogP contribution in [0.25, 0.3) is 0 Å². The van der Waals surface area contributed by atoms with Gasteiger partial charge in [-0.25, -0.2) is 0 Å². The molecule has 1 aliphatic rings. The first-order valence-corrected chi connectivity index (χ1v) is 6.72. The number of aliphatic hydroxyl groups is 1. The molecule has 0 atom stereocenters. The molecule has 3 nitrogen and oxygen atoms in total. The number of nitrogens with two attached hydrogens (primary N) is 1. The minimum atomic E-state index is -4.47. The fourth-order valence-electron chi connectivity index (χ4n) is 2.74. The lowest BCUT2D eigenvalue weighted by Gasteiger charge is -2.38. The molecule has 0 bridgehead atoms. The van der Waals surface area contributed by atoms with Crippen molar-refractivity contribution in [2.24, 2.45) is 0 Å². The number of alkyl halides is 3. The molecule has 0 saturated heterocycles. The van der Waals surface area contributed by atoms with Crippen LogP contribution in [0.1, 0.15) is 37.7 Å². The Morgan fingerprint density at radius 2 is 1.85 bits per heavy atom. The van der Waals surface area contributed by atoms with Gasteiger partial charge in [-0.15, -0.1) is 0 Å². The van der Waals surface area contributed by atoms with E-state index in [0.29, 0.717) is 12.8 Å². The van der Waals surface area contributed by atoms with Gasteiger partial charge in [0, 0.05) is 11.4 Å². The van der Waals surface area contributed by atoms with Crippen LogP contribution >= 0.6 is 0 Å². The van der Waals surface area contributed by atoms with Crippen molar-refractivity contribution in [3.05, 3.63) is 23.8 Å². The molecule has 1 fully saturated rings. The van der Waals surface area contributed by atoms with Crippen LogP contribution in [0.3, 0.4) is 0 Å². The van der Waals surface area contributed by atoms with Gasteiger partial charge in [0.2, 0.25) is 0 Å². The summed E-state index contributed by atoms with van der Waals surface area (Å²) in [4.78, 5) is 0. The largest absolute Gasteiger partial charge is 0.418 e. The second-order valence-electron chi connectivity index (χ2n) is 5.43. The highest BCUT2D eigenvalue weighted by Gasteiger charge is 2.37. The molecule has 0 unspecified atom stereocenters. The summed E-state index contributed by atoms with van der Waals surface area (Å²) in [5, 5.41) is 12.5. The second kappa shape index (κ2) is 5.52. The Morgan fingerprint density at radius 3 is 2.40 bits per heavy atom. The molecular formula is C14H19F3N2O. The molecule has 20 heavy (non-hydrogen) atoms. The molecule has 0 radical (unpaired) electrons. The van der Waals surface area contributed by atoms with Crippen molar-refractivity contribution < 1.29 is 18.3 Å². The van der Waals surface area contributed by atoms with Gasteiger partial charge in [0.25, 0.3) is 0 Å². The van der Waals surface area contributed by atoms with Gasteiger partial charge in [0.1, 0.15) is 0 Å². The zero-order chi connectivity index (χ0) is 14.8. The normalized spacial score (nSPS) is 18.8. The van der Waals surface area contributed by atoms with E-state index >= 15 is 0 Å². The van der Waals surface area contributed by atoms with Crippen LogP contribution in [-0.4, -0.2) is 17.3 Å². The van der Waals surface area contributed by atoms with Crippen molar-refractivity contribution in [1.29, 1.82) is 0 Å². The van der Waals surface area contributed by atoms with E-state index in [9.17, 15) is 18.3 Å². The summed E-state index contributed by atoms with van der Waals surface area (Å²) in [6.45, 7) is -0.172. The number of halogens is 3. The second-order valence-corrected chi connectivity index (χ2v) is 5.43. The van der Waals surface area contributed by atoms with Crippen molar-refractivity contribution in [3.63, 3.8) is 0 Å². The first kappa shape index (κ1) is 15.0. The average molecular weight is 288 g/mol. The van der Waals surface area contributed by atoms with Gasteiger partial charge in [-0.1, -0.05) is 19.3 Å². The van der Waals surface area contributed by atoms with Gasteiger partial charge in [-0.3, -0.25) is 0 Å². The van der Waals surface area contributed by atoms with E-state index in [1.165, 1.54) is 12.1 Å². The lowest BCUT2D eigenvalue weighted by Crippen LogP contribution is -2.44. The van der Waals surface area contributed by atoms with Gasteiger partial charge >= 0.3 is 6.18 Å². The third kappa shape index (κ3) is 3.17. The molecule has 112 valence electrons. The van der Waals surface area contributed by atoms with Crippen LogP contribution in [0.2, 0.25) is 0 Å². The summed E-state index contributed by atoms with van der Waals surface area (Å²) < 4.78 is 39.2. The van der Waals surface area contributed by atoms with Crippen LogP contribution in [0.15, 0.2) is 18.2 Å². The molecular weight excluding hydrogens is 269 g/mol. The topological polar surface area (TPSA) is 58.3 Å². The molecule has 0 amide bonds. The first-order valence-electron chi connectivity index (χ1n) is 6.72. The van der Waals surface area contributed by atoms with Crippen LogP contribution in [0, 0.1) is 0 Å². The molecule has 4 N–H and O–H groups in total. The van der Waals surface area contributed by atoms with Crippen LogP contribution in [0.5, 0.6) is 0 Å². The molecule has 1 aliphatic carbocycles. The summed E-state index contributed by atoms with van der Waals surface area (Å²) >= 11 is 0. The molecule has 0 heterocycles. The van der Waals surface area contributed by atoms with Crippen molar-refractivity contribution in [2.45, 2.75) is 43.8 Å². The highest BCUT2D eigenvalue weighted by Crippen LogP contribution is 2.39. The highest BCUT2D eigenvalue weighted by atomic mass is 19.4. The summed E-state index contributed by atoms with van der Waals surface area (Å²) in [6, 6.07) is 3.70. The summed E-state index contributed by atoms with van der Waals surface area (Å²) in [5.41, 5.74) is 4.07. The maximum atomic E-state index is 13.1. The Hall–Kier alpha value is -1.43. The van der Waals surface area contributed by atoms with Gasteiger partial charge in [0.15, 0.2) is 0 Å². The number of nitrogens with one attached hydrogen (secondary N) is 1. The molecule has 2 rings (SSSR count). The molecule has 6 heteroatoms. The third-order valence-electron chi connectivity index (χ3n) is 3.86. The van der Waals surface area contributed by atoms with Crippen LogP contribution < -0.4 is 11.1 Å². The van der Waals surface area contributed by atoms with E-state index in [1.807, 2.05) is 0 Å². The summed E-state index contributed by atoms with van der Waals surface area (Å²) in [6.07, 6.45) is -0.259. The van der Waals surface area contributed by atoms with E-state index in [1.54, 1.807) is 0 Å². The SMILES string of the molecule is Nc1ccc(NC2(CO)CCCCC2)c(C(F)(F)F)c1. The molecule has 1 saturated carbocycles. The third-order valence-corrected chi connectivity index (χ3v) is 3.86. The van der Waals surface area contributed by atoms with E-state index in [4.69, 9.17) is 5.73 Å². The first-order chi connectivity index (χ1) is 9.36. The monoisotopic (exact) mass is 288 g/mol. The van der Waals surface area contributed by atoms with Crippen molar-refractivity contribution in [3.8, 4) is 0 Å². The Labute approximate surface area is 116 Å². The zero-order valence-electron chi connectivity index (χ0n) is 11.1. The van der Waals surface area contributed by atoms with Gasteiger partial charge < -0.3 is 16.2 Å². The number of anilines is 2. The zero-order valence-corrected chi connectivity index (χ0v) is 11.1. The predicted octanol–water partition coefficient (Wildman–Crippen LogP) is 3.39. The minimum absolute atomic E-state index is 0.0114. The lowest BCUT2D eigenvalue weighted by atomic mass is 9.82. The minimum Gasteiger partial charge on any atom is -0.399 e. The van der Waals surface area contributed by atoms with Gasteiger partial charge in [0.05, 0.1) is 17.7 Å². The van der Waals surface area contributed by atoms with Crippen LogP contribution in [-0.2, 0) is 6.18 Å². The number of rotatable bonds is 3. The smallest absolute Gasteiger partial charge is 0.399 e. The van der Waals surface area contributed by atoms with Gasteiger partial charge in [-0.05, 0) is 31.0 Å². The lowest BCUT2D eigenvalue weighted by molar-refractivity contribution is -0.137. The highest BCUT2D eigenvalue weighted by molar-refractivity contribution is 5.60. The quantitative estimate of drug-likeness (QED) is 0.747. The number of aliphatic hydroxyl groups excluding tert-OH is 1. The Balaban J connectivity index is 2.32. The average Bonchev–Trinajstić information content (AvgIpc) is 2.41. The number of nitrogen functional groups attached to an aromatic ring is 1. The Morgan fingerprint density at radius 1 is 1.20 bits per heavy atom. The number of hydrogen-bond donors (Lipinski definition) is 3. The fourth-order valence-corrected chi connectivity index (χ4v) is 2.74. The van der Waals surface area contributed by atoms with Crippen LogP contribution in [0.4, 0.5) is 24.5 Å². The fraction of sp³-hybridized carbons (Fsp3) is 0.571. The molecule has 1 aromatic carbocycles. The summed E-state index contributed by atoms with van der Waals surface area (Å²) in [7, 11) is 0. The molecule has 0 aromatic heterocycles. The van der Waals surface area contributed by atoms with E-state index in [-0.39, 0.29) is 18.0 Å². The molecule has 0 aliphatic heterocycles. The van der Waals surface area contributed by atoms with Crippen molar-refractivity contribution >= 4 is 11.4 Å². The Bertz CT molecular complexity index is 468. The van der Waals surface area contributed by atoms with Crippen molar-refractivity contribution in [1.82, 2.24) is 0 Å². The van der Waals surface area contributed by atoms with E-state index in [2.05, 4.69) is 5.32 Å². The molecule has 0 spiro atoms. The number of benzene rings is 1. The Kier molecular flexibility index (Phi) is 4.13. The van der Waals surface area contributed by atoms with Gasteiger partial charge in [-0.2, -0.15) is 13.2 Å². The molecule has 1 aromatic rings. The van der Waals surface area contributed by atoms with Crippen molar-refractivity contribution in [2.75, 3.05) is 17.7 Å². The summed E-state index contributed by atoms with van der Waals surface area (Å²) in [5.74, 6) is 0. The maximum absolute atomic E-state index is 13.1. The maximum Gasteiger partial charge on any atom is 0.418 e. The standard InChI is InChI=1S/C14H19F3N2O/c15-14(16,17)11-8-10(18)4-5-12(11)19-13(9-20)6-2-1-3-7-13/h4-5,8,19-20H,1-3,6-7,9,18H2. The number of hydrogen-bond acceptors (Lipinski definition) is 3. The predicted molar refractivity (Wildman–Crippen MR) is 72.4 cm³/mol. The van der Waals surface area contributed by atoms with E-state index < -0.39 is 17.3 Å². The van der Waals surface area contributed by atoms with E-state index in [0.717, 1.165) is 25.3 Å².